The van der Waals surface area contributed by atoms with Crippen LogP contribution in [0, 0.1) is 6.92 Å². The third-order valence-corrected chi connectivity index (χ3v) is 8.42. The van der Waals surface area contributed by atoms with E-state index in [-0.39, 0.29) is 10.5 Å². The van der Waals surface area contributed by atoms with E-state index in [9.17, 15) is 13.2 Å². The summed E-state index contributed by atoms with van der Waals surface area (Å²) in [5.41, 5.74) is 3.14. The van der Waals surface area contributed by atoms with Gasteiger partial charge in [-0.3, -0.25) is 4.79 Å². The number of sulfonamides is 1. The molecule has 1 aliphatic heterocycles. The number of hydrogen-bond donors (Lipinski definition) is 1. The maximum absolute atomic E-state index is 13.6. The molecule has 184 valence electrons. The van der Waals surface area contributed by atoms with E-state index in [1.165, 1.54) is 23.5 Å². The van der Waals surface area contributed by atoms with E-state index in [1.54, 1.807) is 6.07 Å². The van der Waals surface area contributed by atoms with Crippen LogP contribution in [0.3, 0.4) is 0 Å². The highest BCUT2D eigenvalue weighted by molar-refractivity contribution is 7.89. The Morgan fingerprint density at radius 3 is 2.23 bits per heavy atom. The molecule has 1 heterocycles. The van der Waals surface area contributed by atoms with E-state index in [2.05, 4.69) is 5.32 Å². The molecule has 3 aromatic carbocycles. The third-order valence-electron chi connectivity index (χ3n) is 6.53. The molecule has 0 radical (unpaired) electrons. The van der Waals surface area contributed by atoms with Crippen molar-refractivity contribution in [3.63, 3.8) is 0 Å². The van der Waals surface area contributed by atoms with Gasteiger partial charge in [-0.2, -0.15) is 4.31 Å². The number of amides is 1. The fourth-order valence-corrected chi connectivity index (χ4v) is 6.11. The molecule has 0 aromatic heterocycles. The summed E-state index contributed by atoms with van der Waals surface area (Å²) >= 11 is 0. The summed E-state index contributed by atoms with van der Waals surface area (Å²) in [6.07, 6.45) is 3.75. The van der Waals surface area contributed by atoms with Gasteiger partial charge in [-0.1, -0.05) is 67.4 Å². The zero-order valence-corrected chi connectivity index (χ0v) is 21.1. The van der Waals surface area contributed by atoms with Crippen LogP contribution in [0.4, 0.5) is 0 Å². The summed E-state index contributed by atoms with van der Waals surface area (Å²) in [6, 6.07) is 21.7. The minimum Gasteiger partial charge on any atom is -0.496 e. The molecule has 7 heteroatoms. The van der Waals surface area contributed by atoms with E-state index in [4.69, 9.17) is 4.74 Å². The number of hydrogen-bond acceptors (Lipinski definition) is 4. The molecule has 1 fully saturated rings. The first-order valence-electron chi connectivity index (χ1n) is 12.0. The Morgan fingerprint density at radius 2 is 1.57 bits per heavy atom. The van der Waals surface area contributed by atoms with Crippen LogP contribution in [0.15, 0.2) is 77.7 Å². The summed E-state index contributed by atoms with van der Waals surface area (Å²) in [5, 5.41) is 3.12. The van der Waals surface area contributed by atoms with E-state index in [0.717, 1.165) is 42.4 Å². The van der Waals surface area contributed by atoms with E-state index < -0.39 is 22.0 Å². The van der Waals surface area contributed by atoms with Gasteiger partial charge >= 0.3 is 0 Å². The summed E-state index contributed by atoms with van der Waals surface area (Å²) in [5.74, 6) is -0.0687. The number of nitrogens with one attached hydrogen (secondary N) is 1. The van der Waals surface area contributed by atoms with E-state index >= 15 is 0 Å². The Balaban J connectivity index is 1.70. The van der Waals surface area contributed by atoms with Crippen molar-refractivity contribution >= 4 is 15.9 Å². The van der Waals surface area contributed by atoms with Crippen molar-refractivity contribution in [3.8, 4) is 5.75 Å². The van der Waals surface area contributed by atoms with Crippen LogP contribution in [0.25, 0.3) is 0 Å². The van der Waals surface area contributed by atoms with Crippen molar-refractivity contribution in [2.45, 2.75) is 43.5 Å². The van der Waals surface area contributed by atoms with E-state index in [1.807, 2.05) is 61.5 Å². The predicted molar refractivity (Wildman–Crippen MR) is 137 cm³/mol. The lowest BCUT2D eigenvalue weighted by Gasteiger charge is -2.23. The van der Waals surface area contributed by atoms with Gasteiger partial charge in [-0.15, -0.1) is 0 Å². The standard InChI is InChI=1S/C28H32N2O4S/c1-21-12-8-9-15-24(21)27(22-13-6-5-7-14-22)29-28(31)25-20-23(16-17-26(25)34-2)35(32,33)30-18-10-3-4-11-19-30/h5-9,12-17,20,27H,3-4,10-11,18-19H2,1-2H3,(H,29,31)/t27-/m1/s1. The maximum atomic E-state index is 13.6. The first-order valence-corrected chi connectivity index (χ1v) is 13.5. The minimum atomic E-state index is -3.71. The van der Waals surface area contributed by atoms with Crippen LogP contribution >= 0.6 is 0 Å². The second-order valence-corrected chi connectivity index (χ2v) is 10.8. The number of methoxy groups -OCH3 is 1. The van der Waals surface area contributed by atoms with E-state index in [0.29, 0.717) is 18.8 Å². The number of carbonyl (C=O) groups is 1. The van der Waals surface area contributed by atoms with Gasteiger partial charge in [0, 0.05) is 13.1 Å². The fraction of sp³-hybridized carbons (Fsp3) is 0.321. The van der Waals surface area contributed by atoms with Crippen molar-refractivity contribution in [2.24, 2.45) is 0 Å². The molecule has 0 bridgehead atoms. The van der Waals surface area contributed by atoms with Gasteiger partial charge in [-0.05, 0) is 54.7 Å². The van der Waals surface area contributed by atoms with Crippen molar-refractivity contribution in [1.82, 2.24) is 9.62 Å². The number of aryl methyl sites for hydroxylation is 1. The van der Waals surface area contributed by atoms with Crippen LogP contribution in [0.5, 0.6) is 5.75 Å². The lowest BCUT2D eigenvalue weighted by molar-refractivity contribution is 0.0939. The summed E-state index contributed by atoms with van der Waals surface area (Å²) in [4.78, 5) is 13.7. The summed E-state index contributed by atoms with van der Waals surface area (Å²) < 4.78 is 33.7. The molecule has 6 nitrogen and oxygen atoms in total. The molecule has 1 atom stereocenters. The molecule has 0 saturated carbocycles. The molecule has 0 spiro atoms. The van der Waals surface area contributed by atoms with Crippen LogP contribution in [-0.2, 0) is 10.0 Å². The molecule has 1 amide bonds. The van der Waals surface area contributed by atoms with Crippen LogP contribution in [-0.4, -0.2) is 38.8 Å². The third kappa shape index (κ3) is 5.57. The molecule has 1 aliphatic rings. The molecule has 0 unspecified atom stereocenters. The first kappa shape index (κ1) is 24.9. The minimum absolute atomic E-state index is 0.109. The average molecular weight is 493 g/mol. The Labute approximate surface area is 208 Å². The second-order valence-electron chi connectivity index (χ2n) is 8.85. The van der Waals surface area contributed by atoms with Gasteiger partial charge in [0.1, 0.15) is 5.75 Å². The first-order chi connectivity index (χ1) is 16.9. The van der Waals surface area contributed by atoms with Gasteiger partial charge in [0.15, 0.2) is 0 Å². The zero-order valence-electron chi connectivity index (χ0n) is 20.2. The number of nitrogens with zero attached hydrogens (tertiary/aromatic N) is 1. The van der Waals surface area contributed by atoms with Crippen LogP contribution < -0.4 is 10.1 Å². The van der Waals surface area contributed by atoms with Crippen LogP contribution in [0.2, 0.25) is 0 Å². The largest absolute Gasteiger partial charge is 0.496 e. The van der Waals surface area contributed by atoms with Crippen molar-refractivity contribution in [3.05, 3.63) is 95.1 Å². The molecule has 1 saturated heterocycles. The average Bonchev–Trinajstić information content (AvgIpc) is 3.18. The number of ether oxygens (including phenoxy) is 1. The highest BCUT2D eigenvalue weighted by atomic mass is 32.2. The Bertz CT molecular complexity index is 1270. The molecule has 35 heavy (non-hydrogen) atoms. The van der Waals surface area contributed by atoms with Crippen molar-refractivity contribution in [2.75, 3.05) is 20.2 Å². The molecule has 4 rings (SSSR count). The molecular formula is C28H32N2O4S. The molecular weight excluding hydrogens is 460 g/mol. The van der Waals surface area contributed by atoms with Gasteiger partial charge < -0.3 is 10.1 Å². The normalized spacial score (nSPS) is 15.7. The maximum Gasteiger partial charge on any atom is 0.255 e. The molecule has 3 aromatic rings. The quantitative estimate of drug-likeness (QED) is 0.499. The highest BCUT2D eigenvalue weighted by Gasteiger charge is 2.28. The topological polar surface area (TPSA) is 75.7 Å². The lowest BCUT2D eigenvalue weighted by Crippen LogP contribution is -2.33. The summed E-state index contributed by atoms with van der Waals surface area (Å²) in [7, 11) is -2.23. The Kier molecular flexibility index (Phi) is 7.88. The molecule has 1 N–H and O–H groups in total. The molecule has 0 aliphatic carbocycles. The highest BCUT2D eigenvalue weighted by Crippen LogP contribution is 2.29. The summed E-state index contributed by atoms with van der Waals surface area (Å²) in [6.45, 7) is 3.00. The van der Waals surface area contributed by atoms with Crippen molar-refractivity contribution < 1.29 is 17.9 Å². The monoisotopic (exact) mass is 492 g/mol. The van der Waals surface area contributed by atoms with Gasteiger partial charge in [0.05, 0.1) is 23.6 Å². The van der Waals surface area contributed by atoms with Crippen molar-refractivity contribution in [1.29, 1.82) is 0 Å². The fourth-order valence-electron chi connectivity index (χ4n) is 4.56. The Hall–Kier alpha value is -3.16. The number of benzene rings is 3. The smallest absolute Gasteiger partial charge is 0.255 e. The lowest BCUT2D eigenvalue weighted by atomic mass is 9.94. The second kappa shape index (κ2) is 11.1. The Morgan fingerprint density at radius 1 is 0.914 bits per heavy atom. The van der Waals surface area contributed by atoms with Gasteiger partial charge in [0.2, 0.25) is 10.0 Å². The van der Waals surface area contributed by atoms with Gasteiger partial charge in [0.25, 0.3) is 5.91 Å². The number of carbonyl (C=O) groups excluding carboxylic acids is 1. The predicted octanol–water partition coefficient (Wildman–Crippen LogP) is 5.09. The van der Waals surface area contributed by atoms with Gasteiger partial charge in [-0.25, -0.2) is 8.42 Å². The SMILES string of the molecule is COc1ccc(S(=O)(=O)N2CCCCCC2)cc1C(=O)N[C@H](c1ccccc1)c1ccccc1C. The zero-order chi connectivity index (χ0) is 24.8. The van der Waals surface area contributed by atoms with Crippen LogP contribution in [0.1, 0.15) is 58.8 Å². The number of rotatable bonds is 7.